The van der Waals surface area contributed by atoms with Gasteiger partial charge in [0.2, 0.25) is 0 Å². The van der Waals surface area contributed by atoms with Gasteiger partial charge < -0.3 is 10.1 Å². The first kappa shape index (κ1) is 21.3. The third kappa shape index (κ3) is 3.19. The Hall–Kier alpha value is -4.23. The number of nitrogens with zero attached hydrogens (tertiary/aromatic N) is 1. The minimum absolute atomic E-state index is 0.108. The number of hydrogen-bond donors (Lipinski definition) is 2. The van der Waals surface area contributed by atoms with Crippen molar-refractivity contribution in [1.82, 2.24) is 9.55 Å². The van der Waals surface area contributed by atoms with Gasteiger partial charge in [-0.1, -0.05) is 66.7 Å². The summed E-state index contributed by atoms with van der Waals surface area (Å²) in [6.45, 7) is 0.835. The first-order chi connectivity index (χ1) is 17.1. The van der Waals surface area contributed by atoms with Crippen molar-refractivity contribution in [3.63, 3.8) is 0 Å². The summed E-state index contributed by atoms with van der Waals surface area (Å²) in [6, 6.07) is 21.3. The van der Waals surface area contributed by atoms with E-state index in [1.54, 1.807) is 17.7 Å². The van der Waals surface area contributed by atoms with E-state index in [4.69, 9.17) is 4.74 Å². The zero-order chi connectivity index (χ0) is 24.1. The average molecular weight is 466 g/mol. The second-order valence-corrected chi connectivity index (χ2v) is 8.81. The third-order valence-corrected chi connectivity index (χ3v) is 6.88. The van der Waals surface area contributed by atoms with E-state index in [-0.39, 0.29) is 5.78 Å². The minimum atomic E-state index is -0.634. The zero-order valence-electron chi connectivity index (χ0n) is 19.1. The molecule has 1 atom stereocenters. The van der Waals surface area contributed by atoms with Gasteiger partial charge >= 0.3 is 5.69 Å². The molecule has 2 aliphatic rings. The number of methoxy groups -OCH3 is 1. The Morgan fingerprint density at radius 3 is 2.49 bits per heavy atom. The molecule has 0 spiro atoms. The molecule has 174 valence electrons. The van der Waals surface area contributed by atoms with Crippen LogP contribution in [0, 0.1) is 0 Å². The highest BCUT2D eigenvalue weighted by Crippen LogP contribution is 2.49. The van der Waals surface area contributed by atoms with Gasteiger partial charge in [0, 0.05) is 42.9 Å². The molecule has 1 aliphatic heterocycles. The Morgan fingerprint density at radius 2 is 1.66 bits per heavy atom. The summed E-state index contributed by atoms with van der Waals surface area (Å²) in [4.78, 5) is 42.5. The van der Waals surface area contributed by atoms with E-state index >= 15 is 0 Å². The number of fused-ring (bicyclic) bond motifs is 4. The first-order valence-corrected chi connectivity index (χ1v) is 11.6. The summed E-state index contributed by atoms with van der Waals surface area (Å²) >= 11 is 0. The summed E-state index contributed by atoms with van der Waals surface area (Å²) in [7, 11) is 1.61. The van der Waals surface area contributed by atoms with Crippen LogP contribution in [0.2, 0.25) is 0 Å². The van der Waals surface area contributed by atoms with E-state index in [9.17, 15) is 14.4 Å². The topological polar surface area (TPSA) is 93.2 Å². The molecule has 1 unspecified atom stereocenters. The number of Topliss-reactive ketones (excluding diaryl/α,β-unsaturated/α-hetero) is 1. The lowest BCUT2D eigenvalue weighted by Crippen LogP contribution is -2.38. The smallest absolute Gasteiger partial charge is 0.329 e. The standard InChI is InChI=1S/C28H23N3O4/c1-35-15-7-14-31-26-23(27(33)30-28(31)34)21(18-13-6-9-16-8-2-3-10-17(16)18)22-24(29-26)19-11-4-5-12-20(19)25(22)32/h2-6,8-13,21,29H,7,14-15H2,1H3,(H,30,33,34). The maximum Gasteiger partial charge on any atom is 0.329 e. The van der Waals surface area contributed by atoms with Crippen molar-refractivity contribution in [2.45, 2.75) is 18.9 Å². The van der Waals surface area contributed by atoms with E-state index in [0.29, 0.717) is 47.8 Å². The number of rotatable bonds is 5. The summed E-state index contributed by atoms with van der Waals surface area (Å²) in [5.74, 6) is -0.315. The lowest BCUT2D eigenvalue weighted by Gasteiger charge is -2.30. The van der Waals surface area contributed by atoms with Crippen LogP contribution in [-0.4, -0.2) is 29.1 Å². The largest absolute Gasteiger partial charge is 0.385 e. The molecule has 0 amide bonds. The predicted octanol–water partition coefficient (Wildman–Crippen LogP) is 3.89. The summed E-state index contributed by atoms with van der Waals surface area (Å²) in [6.07, 6.45) is 0.594. The Bertz CT molecular complexity index is 1660. The zero-order valence-corrected chi connectivity index (χ0v) is 19.1. The molecule has 7 nitrogen and oxygen atoms in total. The van der Waals surface area contributed by atoms with Gasteiger partial charge in [-0.05, 0) is 22.8 Å². The molecule has 7 heteroatoms. The molecule has 0 saturated heterocycles. The van der Waals surface area contributed by atoms with Crippen LogP contribution in [0.25, 0.3) is 16.5 Å². The normalized spacial score (nSPS) is 16.1. The molecule has 1 aliphatic carbocycles. The molecule has 3 aromatic carbocycles. The van der Waals surface area contributed by atoms with Crippen molar-refractivity contribution in [3.8, 4) is 0 Å². The highest BCUT2D eigenvalue weighted by molar-refractivity contribution is 6.24. The van der Waals surface area contributed by atoms with Crippen molar-refractivity contribution >= 4 is 28.1 Å². The number of anilines is 1. The lowest BCUT2D eigenvalue weighted by molar-refractivity contribution is 0.103. The Kier molecular flexibility index (Phi) is 5.00. The van der Waals surface area contributed by atoms with E-state index < -0.39 is 17.2 Å². The average Bonchev–Trinajstić information content (AvgIpc) is 3.16. The molecule has 35 heavy (non-hydrogen) atoms. The molecule has 6 rings (SSSR count). The Morgan fingerprint density at radius 1 is 0.914 bits per heavy atom. The molecule has 0 saturated carbocycles. The van der Waals surface area contributed by atoms with Crippen LogP contribution >= 0.6 is 0 Å². The third-order valence-electron chi connectivity index (χ3n) is 6.88. The first-order valence-electron chi connectivity index (χ1n) is 11.6. The number of aromatic amines is 1. The number of nitrogens with one attached hydrogen (secondary N) is 2. The van der Waals surface area contributed by atoms with E-state index in [0.717, 1.165) is 21.9 Å². The van der Waals surface area contributed by atoms with Crippen LogP contribution in [0.1, 0.15) is 39.4 Å². The van der Waals surface area contributed by atoms with E-state index in [2.05, 4.69) is 10.3 Å². The Labute approximate surface area is 200 Å². The predicted molar refractivity (Wildman–Crippen MR) is 135 cm³/mol. The molecule has 0 radical (unpaired) electrons. The van der Waals surface area contributed by atoms with Crippen LogP contribution < -0.4 is 16.6 Å². The summed E-state index contributed by atoms with van der Waals surface area (Å²) < 4.78 is 6.72. The number of carbonyl (C=O) groups is 1. The quantitative estimate of drug-likeness (QED) is 0.436. The number of ketones is 1. The number of aromatic nitrogens is 2. The van der Waals surface area contributed by atoms with E-state index in [1.807, 2.05) is 60.7 Å². The Balaban J connectivity index is 1.68. The van der Waals surface area contributed by atoms with Crippen molar-refractivity contribution in [3.05, 3.63) is 115 Å². The number of ether oxygens (including phenoxy) is 1. The second-order valence-electron chi connectivity index (χ2n) is 8.81. The molecule has 2 N–H and O–H groups in total. The highest BCUT2D eigenvalue weighted by Gasteiger charge is 2.42. The fourth-order valence-electron chi connectivity index (χ4n) is 5.36. The molecule has 0 fully saturated rings. The monoisotopic (exact) mass is 465 g/mol. The highest BCUT2D eigenvalue weighted by atomic mass is 16.5. The number of allylic oxidation sites excluding steroid dienone is 1. The van der Waals surface area contributed by atoms with Crippen molar-refractivity contribution in [1.29, 1.82) is 0 Å². The number of hydrogen-bond acceptors (Lipinski definition) is 5. The summed E-state index contributed by atoms with van der Waals surface area (Å²) in [5.41, 5.74) is 2.80. The minimum Gasteiger partial charge on any atom is -0.385 e. The molecule has 2 heterocycles. The van der Waals surface area contributed by atoms with Crippen LogP contribution in [0.5, 0.6) is 0 Å². The summed E-state index contributed by atoms with van der Waals surface area (Å²) in [5, 5.41) is 5.30. The van der Waals surface area contributed by atoms with Crippen LogP contribution in [0.4, 0.5) is 5.82 Å². The van der Waals surface area contributed by atoms with Crippen molar-refractivity contribution in [2.75, 3.05) is 19.0 Å². The second kappa shape index (κ2) is 8.21. The van der Waals surface area contributed by atoms with Gasteiger partial charge in [0.05, 0.1) is 11.3 Å². The number of H-pyrrole nitrogens is 1. The van der Waals surface area contributed by atoms with Gasteiger partial charge in [-0.2, -0.15) is 0 Å². The van der Waals surface area contributed by atoms with Crippen molar-refractivity contribution in [2.24, 2.45) is 0 Å². The van der Waals surface area contributed by atoms with Gasteiger partial charge in [-0.15, -0.1) is 0 Å². The lowest BCUT2D eigenvalue weighted by atomic mass is 9.79. The van der Waals surface area contributed by atoms with Gasteiger partial charge in [0.25, 0.3) is 5.56 Å². The van der Waals surface area contributed by atoms with Gasteiger partial charge in [-0.3, -0.25) is 19.1 Å². The van der Waals surface area contributed by atoms with Crippen LogP contribution in [0.15, 0.2) is 81.9 Å². The SMILES string of the molecule is COCCCn1c2c(c(=O)[nH]c1=O)C(c1cccc3ccccc13)C1=C(N2)c2ccccc2C1=O. The molecule has 0 bridgehead atoms. The fraction of sp³-hybridized carbons (Fsp3) is 0.179. The van der Waals surface area contributed by atoms with Crippen LogP contribution in [-0.2, 0) is 11.3 Å². The number of benzene rings is 3. The van der Waals surface area contributed by atoms with E-state index in [1.165, 1.54) is 0 Å². The maximum absolute atomic E-state index is 13.7. The van der Waals surface area contributed by atoms with Crippen molar-refractivity contribution < 1.29 is 9.53 Å². The maximum atomic E-state index is 13.7. The molecular formula is C28H23N3O4. The van der Waals surface area contributed by atoms with Gasteiger partial charge in [-0.25, -0.2) is 4.79 Å². The molecule has 1 aromatic heterocycles. The van der Waals surface area contributed by atoms with Gasteiger partial charge in [0.1, 0.15) is 5.82 Å². The molecule has 4 aromatic rings. The number of carbonyl (C=O) groups excluding carboxylic acids is 1. The van der Waals surface area contributed by atoms with Crippen LogP contribution in [0.3, 0.4) is 0 Å². The fourth-order valence-corrected chi connectivity index (χ4v) is 5.36. The molecular weight excluding hydrogens is 442 g/mol. The van der Waals surface area contributed by atoms with Gasteiger partial charge in [0.15, 0.2) is 5.78 Å².